The minimum Gasteiger partial charge on any atom is -0.497 e. The Kier molecular flexibility index (Phi) is 5.58. The lowest BCUT2D eigenvalue weighted by molar-refractivity contribution is 0.415. The van der Waals surface area contributed by atoms with Gasteiger partial charge in [0, 0.05) is 51.2 Å². The molecule has 0 amide bonds. The van der Waals surface area contributed by atoms with Gasteiger partial charge in [0.25, 0.3) is 0 Å². The zero-order chi connectivity index (χ0) is 17.6. The van der Waals surface area contributed by atoms with Crippen molar-refractivity contribution >= 4 is 17.5 Å². The third kappa shape index (κ3) is 3.95. The van der Waals surface area contributed by atoms with Crippen LogP contribution < -0.4 is 19.4 Å². The van der Waals surface area contributed by atoms with Gasteiger partial charge in [-0.15, -0.1) is 0 Å². The highest BCUT2D eigenvalue weighted by molar-refractivity contribution is 5.51. The number of rotatable bonds is 6. The van der Waals surface area contributed by atoms with Crippen LogP contribution >= 0.6 is 0 Å². The number of nitrogens with zero attached hydrogens (tertiary/aromatic N) is 5. The van der Waals surface area contributed by atoms with Crippen molar-refractivity contribution in [3.63, 3.8) is 0 Å². The summed E-state index contributed by atoms with van der Waals surface area (Å²) in [4.78, 5) is 16.2. The maximum atomic E-state index is 5.23. The molecule has 0 bridgehead atoms. The van der Waals surface area contributed by atoms with E-state index in [1.807, 2.05) is 24.4 Å². The van der Waals surface area contributed by atoms with E-state index >= 15 is 0 Å². The summed E-state index contributed by atoms with van der Waals surface area (Å²) in [6, 6.07) is 10.2. The standard InChI is InChI=1S/C19H27N5O/c1-4-22(5-2)18-10-11-20-19(21-18)24-14-12-23(13-15-24)16-6-8-17(25-3)9-7-16/h6-11H,4-5,12-15H2,1-3H3. The van der Waals surface area contributed by atoms with Crippen LogP contribution in [0, 0.1) is 0 Å². The van der Waals surface area contributed by atoms with Gasteiger partial charge >= 0.3 is 0 Å². The molecule has 0 radical (unpaired) electrons. The summed E-state index contributed by atoms with van der Waals surface area (Å²) in [5.41, 5.74) is 1.23. The molecule has 1 fully saturated rings. The molecule has 0 aliphatic carbocycles. The summed E-state index contributed by atoms with van der Waals surface area (Å²) in [6.45, 7) is 9.99. The Morgan fingerprint density at radius 3 is 2.20 bits per heavy atom. The third-order valence-corrected chi connectivity index (χ3v) is 4.72. The lowest BCUT2D eigenvalue weighted by Crippen LogP contribution is -2.47. The van der Waals surface area contributed by atoms with Crippen molar-refractivity contribution < 1.29 is 4.74 Å². The third-order valence-electron chi connectivity index (χ3n) is 4.72. The van der Waals surface area contributed by atoms with Crippen molar-refractivity contribution in [1.29, 1.82) is 0 Å². The Morgan fingerprint density at radius 1 is 0.960 bits per heavy atom. The molecule has 1 aromatic heterocycles. The molecular weight excluding hydrogens is 314 g/mol. The lowest BCUT2D eigenvalue weighted by atomic mass is 10.2. The molecule has 25 heavy (non-hydrogen) atoms. The van der Waals surface area contributed by atoms with Gasteiger partial charge in [-0.25, -0.2) is 4.98 Å². The van der Waals surface area contributed by atoms with Crippen molar-refractivity contribution in [3.05, 3.63) is 36.5 Å². The molecule has 2 aromatic rings. The molecule has 2 heterocycles. The van der Waals surface area contributed by atoms with Crippen LogP contribution in [0.4, 0.5) is 17.5 Å². The zero-order valence-electron chi connectivity index (χ0n) is 15.4. The first-order valence-electron chi connectivity index (χ1n) is 8.97. The average molecular weight is 341 g/mol. The summed E-state index contributed by atoms with van der Waals surface area (Å²) in [6.07, 6.45) is 1.87. The van der Waals surface area contributed by atoms with E-state index in [0.29, 0.717) is 0 Å². The summed E-state index contributed by atoms with van der Waals surface area (Å²) in [5.74, 6) is 2.73. The number of piperazine rings is 1. The molecule has 0 atom stereocenters. The number of benzene rings is 1. The fourth-order valence-electron chi connectivity index (χ4n) is 3.17. The number of anilines is 3. The fraction of sp³-hybridized carbons (Fsp3) is 0.474. The van der Waals surface area contributed by atoms with Gasteiger partial charge in [-0.2, -0.15) is 4.98 Å². The normalized spacial score (nSPS) is 14.5. The van der Waals surface area contributed by atoms with Crippen LogP contribution in [-0.2, 0) is 0 Å². The number of aromatic nitrogens is 2. The minimum absolute atomic E-state index is 0.832. The first-order valence-corrected chi connectivity index (χ1v) is 8.97. The molecule has 1 aromatic carbocycles. The first-order chi connectivity index (χ1) is 12.2. The Labute approximate surface area is 150 Å². The number of hydrogen-bond donors (Lipinski definition) is 0. The van der Waals surface area contributed by atoms with Gasteiger partial charge in [0.1, 0.15) is 11.6 Å². The Morgan fingerprint density at radius 2 is 1.60 bits per heavy atom. The van der Waals surface area contributed by atoms with Gasteiger partial charge in [0.05, 0.1) is 7.11 Å². The lowest BCUT2D eigenvalue weighted by Gasteiger charge is -2.36. The monoisotopic (exact) mass is 341 g/mol. The highest BCUT2D eigenvalue weighted by Crippen LogP contribution is 2.22. The van der Waals surface area contributed by atoms with E-state index in [9.17, 15) is 0 Å². The minimum atomic E-state index is 0.832. The molecule has 0 unspecified atom stereocenters. The highest BCUT2D eigenvalue weighted by atomic mass is 16.5. The summed E-state index contributed by atoms with van der Waals surface area (Å²) < 4.78 is 5.23. The van der Waals surface area contributed by atoms with E-state index < -0.39 is 0 Å². The molecule has 6 nitrogen and oxygen atoms in total. The Bertz CT molecular complexity index is 664. The zero-order valence-corrected chi connectivity index (χ0v) is 15.4. The fourth-order valence-corrected chi connectivity index (χ4v) is 3.17. The second kappa shape index (κ2) is 8.05. The second-order valence-electron chi connectivity index (χ2n) is 6.06. The molecule has 134 valence electrons. The van der Waals surface area contributed by atoms with Crippen molar-refractivity contribution in [1.82, 2.24) is 9.97 Å². The van der Waals surface area contributed by atoms with Gasteiger partial charge in [0.15, 0.2) is 0 Å². The smallest absolute Gasteiger partial charge is 0.227 e. The van der Waals surface area contributed by atoms with E-state index in [1.165, 1.54) is 5.69 Å². The van der Waals surface area contributed by atoms with Crippen molar-refractivity contribution in [3.8, 4) is 5.75 Å². The van der Waals surface area contributed by atoms with Crippen LogP contribution in [-0.4, -0.2) is 56.3 Å². The van der Waals surface area contributed by atoms with Gasteiger partial charge in [-0.1, -0.05) is 0 Å². The topological polar surface area (TPSA) is 44.7 Å². The van der Waals surface area contributed by atoms with E-state index in [4.69, 9.17) is 9.72 Å². The molecule has 1 aliphatic heterocycles. The quantitative estimate of drug-likeness (QED) is 0.805. The van der Waals surface area contributed by atoms with Crippen LogP contribution in [0.25, 0.3) is 0 Å². The van der Waals surface area contributed by atoms with E-state index in [1.54, 1.807) is 7.11 Å². The molecule has 3 rings (SSSR count). The van der Waals surface area contributed by atoms with Gasteiger partial charge < -0.3 is 19.4 Å². The first kappa shape index (κ1) is 17.3. The maximum Gasteiger partial charge on any atom is 0.227 e. The number of hydrogen-bond acceptors (Lipinski definition) is 6. The predicted molar refractivity (Wildman–Crippen MR) is 103 cm³/mol. The van der Waals surface area contributed by atoms with Crippen LogP contribution in [0.3, 0.4) is 0 Å². The van der Waals surface area contributed by atoms with Crippen LogP contribution in [0.15, 0.2) is 36.5 Å². The van der Waals surface area contributed by atoms with E-state index in [2.05, 4.69) is 45.7 Å². The Hall–Kier alpha value is -2.50. The van der Waals surface area contributed by atoms with Crippen LogP contribution in [0.1, 0.15) is 13.8 Å². The molecule has 0 spiro atoms. The van der Waals surface area contributed by atoms with Gasteiger partial charge in [0.2, 0.25) is 5.95 Å². The summed E-state index contributed by atoms with van der Waals surface area (Å²) >= 11 is 0. The summed E-state index contributed by atoms with van der Waals surface area (Å²) in [7, 11) is 1.69. The molecule has 0 N–H and O–H groups in total. The highest BCUT2D eigenvalue weighted by Gasteiger charge is 2.20. The molecule has 6 heteroatoms. The van der Waals surface area contributed by atoms with E-state index in [0.717, 1.165) is 56.8 Å². The second-order valence-corrected chi connectivity index (χ2v) is 6.06. The van der Waals surface area contributed by atoms with Crippen LogP contribution in [0.5, 0.6) is 5.75 Å². The number of ether oxygens (including phenoxy) is 1. The maximum absolute atomic E-state index is 5.23. The SMILES string of the molecule is CCN(CC)c1ccnc(N2CCN(c3ccc(OC)cc3)CC2)n1. The molecule has 0 saturated carbocycles. The number of methoxy groups -OCH3 is 1. The summed E-state index contributed by atoms with van der Waals surface area (Å²) in [5, 5.41) is 0. The van der Waals surface area contributed by atoms with Gasteiger partial charge in [-0.3, -0.25) is 0 Å². The van der Waals surface area contributed by atoms with Gasteiger partial charge in [-0.05, 0) is 44.2 Å². The largest absolute Gasteiger partial charge is 0.497 e. The molecular formula is C19H27N5O. The Balaban J connectivity index is 1.64. The van der Waals surface area contributed by atoms with Crippen LogP contribution in [0.2, 0.25) is 0 Å². The van der Waals surface area contributed by atoms with E-state index in [-0.39, 0.29) is 0 Å². The van der Waals surface area contributed by atoms with Crippen molar-refractivity contribution in [2.75, 3.05) is 61.1 Å². The average Bonchev–Trinajstić information content (AvgIpc) is 2.69. The predicted octanol–water partition coefficient (Wildman–Crippen LogP) is 2.66. The molecule has 1 aliphatic rings. The molecule has 1 saturated heterocycles. The van der Waals surface area contributed by atoms with Crippen molar-refractivity contribution in [2.45, 2.75) is 13.8 Å². The van der Waals surface area contributed by atoms with Crippen molar-refractivity contribution in [2.24, 2.45) is 0 Å².